The summed E-state index contributed by atoms with van der Waals surface area (Å²) in [6.45, 7) is -1.83. The Labute approximate surface area is 248 Å². The normalized spacial score (nSPS) is 14.0. The molecule has 4 amide bonds. The fraction of sp³-hybridized carbons (Fsp3) is 0.357. The van der Waals surface area contributed by atoms with E-state index >= 15 is 0 Å². The molecule has 1 heterocycles. The summed E-state index contributed by atoms with van der Waals surface area (Å²) in [7, 11) is 1.35. The Kier molecular flexibility index (Phi) is 10.1. The van der Waals surface area contributed by atoms with Crippen molar-refractivity contribution in [2.45, 2.75) is 38.5 Å². The largest absolute Gasteiger partial charge is 0.489 e. The molecule has 1 unspecified atom stereocenters. The zero-order valence-electron chi connectivity index (χ0n) is 23.5. The van der Waals surface area contributed by atoms with Crippen LogP contribution >= 0.6 is 0 Å². The number of nitrogens with one attached hydrogen (secondary N) is 3. The van der Waals surface area contributed by atoms with Crippen molar-refractivity contribution in [1.29, 1.82) is 0 Å². The lowest BCUT2D eigenvalue weighted by molar-refractivity contribution is -0.0515. The predicted molar refractivity (Wildman–Crippen MR) is 145 cm³/mol. The quantitative estimate of drug-likeness (QED) is 0.201. The summed E-state index contributed by atoms with van der Waals surface area (Å²) in [4.78, 5) is 41.1. The molecular formula is C28H29F4N5O7. The third-order valence-corrected chi connectivity index (χ3v) is 6.45. The zero-order valence-corrected chi connectivity index (χ0v) is 23.5. The van der Waals surface area contributed by atoms with Gasteiger partial charge >= 0.3 is 18.7 Å². The maximum atomic E-state index is 14.7. The number of nitrogens with two attached hydrogens (primary N) is 1. The fourth-order valence-electron chi connectivity index (χ4n) is 4.09. The van der Waals surface area contributed by atoms with Gasteiger partial charge in [-0.3, -0.25) is 4.79 Å². The second kappa shape index (κ2) is 14.0. The molecule has 2 aromatic carbocycles. The number of hydrogen-bond acceptors (Lipinski definition) is 8. The molecule has 0 radical (unpaired) electrons. The number of ether oxygens (including phenoxy) is 3. The van der Waals surface area contributed by atoms with Gasteiger partial charge in [0.15, 0.2) is 29.1 Å². The van der Waals surface area contributed by atoms with Gasteiger partial charge in [0, 0.05) is 30.8 Å². The smallest absolute Gasteiger partial charge is 0.405 e. The van der Waals surface area contributed by atoms with Crippen molar-refractivity contribution in [1.82, 2.24) is 20.9 Å². The van der Waals surface area contributed by atoms with Crippen molar-refractivity contribution in [2.24, 2.45) is 11.7 Å². The van der Waals surface area contributed by atoms with Gasteiger partial charge in [-0.15, -0.1) is 0 Å². The maximum absolute atomic E-state index is 14.7. The number of oxazole rings is 1. The molecule has 12 nitrogen and oxygen atoms in total. The van der Waals surface area contributed by atoms with Crippen LogP contribution in [0.25, 0.3) is 11.5 Å². The Morgan fingerprint density at radius 1 is 1.11 bits per heavy atom. The number of carbonyl (C=O) groups excluding carboxylic acids is 3. The number of alkyl halides is 2. The van der Waals surface area contributed by atoms with E-state index in [4.69, 9.17) is 19.6 Å². The van der Waals surface area contributed by atoms with E-state index in [2.05, 4.69) is 25.7 Å². The standard InChI is InChI=1S/C28H29F4N5O7/c1-13(42-27(33)39)23-22(24(38)36-19(11-35-28(40)34-2)17-7-6-16(29)10-18(17)30)37-25(44-23)15-5-8-20(43-26(31)32)21(9-15)41-12-14-3-4-14/h5-10,13-14,19,26H,3-4,11-12H2,1-2H3,(H2,33,39)(H,36,38)(H2,34,35,40)/t13-,19?/m0/s1. The van der Waals surface area contributed by atoms with Crippen LogP contribution in [-0.4, -0.2) is 49.8 Å². The van der Waals surface area contributed by atoms with Crippen molar-refractivity contribution in [2.75, 3.05) is 20.2 Å². The minimum absolute atomic E-state index is 0.0194. The van der Waals surface area contributed by atoms with Crippen molar-refractivity contribution in [3.63, 3.8) is 0 Å². The van der Waals surface area contributed by atoms with Crippen LogP contribution in [0.1, 0.15) is 53.7 Å². The molecule has 4 rings (SSSR count). The van der Waals surface area contributed by atoms with Gasteiger partial charge in [0.2, 0.25) is 5.89 Å². The van der Waals surface area contributed by atoms with E-state index in [1.165, 1.54) is 32.2 Å². The highest BCUT2D eigenvalue weighted by molar-refractivity contribution is 5.94. The molecule has 5 N–H and O–H groups in total. The van der Waals surface area contributed by atoms with Crippen LogP contribution in [0.3, 0.4) is 0 Å². The Balaban J connectivity index is 1.70. The first-order valence-corrected chi connectivity index (χ1v) is 13.3. The van der Waals surface area contributed by atoms with Gasteiger partial charge in [0.05, 0.1) is 12.6 Å². The number of halogens is 4. The third-order valence-electron chi connectivity index (χ3n) is 6.45. The highest BCUT2D eigenvalue weighted by Crippen LogP contribution is 2.37. The molecule has 0 saturated heterocycles. The number of benzene rings is 2. The summed E-state index contributed by atoms with van der Waals surface area (Å²) in [5.74, 6) is -3.23. The number of urea groups is 1. The number of nitrogens with zero attached hydrogens (tertiary/aromatic N) is 1. The van der Waals surface area contributed by atoms with E-state index in [0.29, 0.717) is 6.07 Å². The van der Waals surface area contributed by atoms with Crippen LogP contribution < -0.4 is 31.2 Å². The lowest BCUT2D eigenvalue weighted by Crippen LogP contribution is -2.41. The SMILES string of the molecule is CNC(=O)NCC(NC(=O)c1nc(-c2ccc(OC(F)F)c(OCC3CC3)c2)oc1[C@H](C)OC(N)=O)c1ccc(F)cc1F. The molecule has 0 bridgehead atoms. The van der Waals surface area contributed by atoms with Gasteiger partial charge in [-0.25, -0.2) is 23.4 Å². The number of carbonyl (C=O) groups is 3. The first-order valence-electron chi connectivity index (χ1n) is 13.3. The minimum Gasteiger partial charge on any atom is -0.489 e. The molecule has 16 heteroatoms. The van der Waals surface area contributed by atoms with Crippen LogP contribution in [-0.2, 0) is 4.74 Å². The van der Waals surface area contributed by atoms with Crippen LogP contribution in [0.4, 0.5) is 27.2 Å². The number of hydrogen-bond donors (Lipinski definition) is 4. The average Bonchev–Trinajstić information content (AvgIpc) is 3.68. The summed E-state index contributed by atoms with van der Waals surface area (Å²) in [6, 6.07) is 4.71. The van der Waals surface area contributed by atoms with E-state index in [1.54, 1.807) is 0 Å². The van der Waals surface area contributed by atoms with Crippen molar-refractivity contribution in [3.8, 4) is 23.0 Å². The van der Waals surface area contributed by atoms with E-state index in [0.717, 1.165) is 25.0 Å². The molecule has 1 saturated carbocycles. The van der Waals surface area contributed by atoms with Crippen LogP contribution in [0.15, 0.2) is 40.8 Å². The van der Waals surface area contributed by atoms with E-state index in [9.17, 15) is 31.9 Å². The van der Waals surface area contributed by atoms with Gasteiger partial charge in [-0.05, 0) is 49.9 Å². The lowest BCUT2D eigenvalue weighted by atomic mass is 10.1. The zero-order chi connectivity index (χ0) is 32.0. The molecule has 2 atom stereocenters. The summed E-state index contributed by atoms with van der Waals surface area (Å²) >= 11 is 0. The van der Waals surface area contributed by atoms with Crippen LogP contribution in [0, 0.1) is 17.6 Å². The topological polar surface area (TPSA) is 167 Å². The van der Waals surface area contributed by atoms with E-state index < -0.39 is 54.1 Å². The Bertz CT molecular complexity index is 1520. The molecule has 44 heavy (non-hydrogen) atoms. The van der Waals surface area contributed by atoms with E-state index in [-0.39, 0.29) is 53.3 Å². The monoisotopic (exact) mass is 623 g/mol. The van der Waals surface area contributed by atoms with Gasteiger partial charge in [0.25, 0.3) is 5.91 Å². The predicted octanol–water partition coefficient (Wildman–Crippen LogP) is 4.57. The molecule has 3 aromatic rings. The maximum Gasteiger partial charge on any atom is 0.405 e. The Morgan fingerprint density at radius 3 is 2.50 bits per heavy atom. The summed E-state index contributed by atoms with van der Waals surface area (Å²) in [5, 5.41) is 7.27. The molecule has 1 aliphatic carbocycles. The Morgan fingerprint density at radius 2 is 1.86 bits per heavy atom. The number of primary amides is 1. The molecule has 0 aliphatic heterocycles. The van der Waals surface area contributed by atoms with Crippen LogP contribution in [0.2, 0.25) is 0 Å². The van der Waals surface area contributed by atoms with Crippen LogP contribution in [0.5, 0.6) is 11.5 Å². The first kappa shape index (κ1) is 31.9. The molecular weight excluding hydrogens is 594 g/mol. The number of aromatic nitrogens is 1. The van der Waals surface area contributed by atoms with Gasteiger partial charge in [-0.1, -0.05) is 6.07 Å². The van der Waals surface area contributed by atoms with Gasteiger partial charge in [-0.2, -0.15) is 8.78 Å². The van der Waals surface area contributed by atoms with Gasteiger partial charge in [0.1, 0.15) is 11.6 Å². The number of amides is 4. The molecule has 1 aliphatic rings. The molecule has 1 fully saturated rings. The highest BCUT2D eigenvalue weighted by Gasteiger charge is 2.30. The minimum atomic E-state index is -3.11. The van der Waals surface area contributed by atoms with Gasteiger partial charge < -0.3 is 40.3 Å². The summed E-state index contributed by atoms with van der Waals surface area (Å²) in [6.07, 6.45) is -0.560. The highest BCUT2D eigenvalue weighted by atomic mass is 19.3. The van der Waals surface area contributed by atoms with Crippen molar-refractivity contribution >= 4 is 18.0 Å². The van der Waals surface area contributed by atoms with Crippen molar-refractivity contribution < 1.29 is 50.6 Å². The molecule has 0 spiro atoms. The summed E-state index contributed by atoms with van der Waals surface area (Å²) in [5.41, 5.74) is 4.77. The average molecular weight is 624 g/mol. The second-order valence-corrected chi connectivity index (χ2v) is 9.76. The Hall–Kier alpha value is -5.02. The van der Waals surface area contributed by atoms with Crippen molar-refractivity contribution in [3.05, 3.63) is 65.1 Å². The fourth-order valence-corrected chi connectivity index (χ4v) is 4.09. The second-order valence-electron chi connectivity index (χ2n) is 9.76. The molecule has 236 valence electrons. The third kappa shape index (κ3) is 8.29. The lowest BCUT2D eigenvalue weighted by Gasteiger charge is -2.20. The first-order chi connectivity index (χ1) is 20.9. The summed E-state index contributed by atoms with van der Waals surface area (Å²) < 4.78 is 75.3. The molecule has 1 aromatic heterocycles. The van der Waals surface area contributed by atoms with E-state index in [1.807, 2.05) is 0 Å². The number of rotatable bonds is 13.